The number of amides is 1. The molecule has 1 heterocycles. The van der Waals surface area contributed by atoms with Gasteiger partial charge in [-0.3, -0.25) is 4.79 Å². The van der Waals surface area contributed by atoms with Crippen LogP contribution in [0, 0.1) is 5.92 Å². The van der Waals surface area contributed by atoms with Crippen molar-refractivity contribution in [3.8, 4) is 0 Å². The first kappa shape index (κ1) is 13.8. The Kier molecular flexibility index (Phi) is 3.96. The Bertz CT molecular complexity index is 589. The molecule has 6 nitrogen and oxygen atoms in total. The molecule has 1 unspecified atom stereocenters. The summed E-state index contributed by atoms with van der Waals surface area (Å²) in [7, 11) is 0. The predicted molar refractivity (Wildman–Crippen MR) is 79.5 cm³/mol. The Morgan fingerprint density at radius 2 is 2.14 bits per heavy atom. The van der Waals surface area contributed by atoms with E-state index in [2.05, 4.69) is 15.4 Å². The Balaban J connectivity index is 1.52. The molecule has 3 rings (SSSR count). The summed E-state index contributed by atoms with van der Waals surface area (Å²) in [5.74, 6) is 0.527. The van der Waals surface area contributed by atoms with Gasteiger partial charge in [0.25, 0.3) is 0 Å². The van der Waals surface area contributed by atoms with Crippen LogP contribution >= 0.6 is 0 Å². The standard InChI is InChI=1S/C15H19N5O/c16-14(12-3-4-12)7-15(21)19-13-5-1-11(2-6-13)8-20-10-17-9-18-20/h1-2,5-6,9-10,12,14H,3-4,7-8,16H2,(H,19,21). The van der Waals surface area contributed by atoms with Crippen molar-refractivity contribution in [3.63, 3.8) is 0 Å². The van der Waals surface area contributed by atoms with Gasteiger partial charge in [-0.05, 0) is 36.5 Å². The lowest BCUT2D eigenvalue weighted by Gasteiger charge is -2.11. The average molecular weight is 285 g/mol. The number of anilines is 1. The van der Waals surface area contributed by atoms with Gasteiger partial charge in [-0.2, -0.15) is 5.10 Å². The van der Waals surface area contributed by atoms with Gasteiger partial charge >= 0.3 is 0 Å². The smallest absolute Gasteiger partial charge is 0.225 e. The number of nitrogens with one attached hydrogen (secondary N) is 1. The molecule has 1 aliphatic rings. The zero-order valence-corrected chi connectivity index (χ0v) is 11.8. The Morgan fingerprint density at radius 1 is 1.38 bits per heavy atom. The molecule has 1 aliphatic carbocycles. The van der Waals surface area contributed by atoms with Crippen molar-refractivity contribution in [1.82, 2.24) is 14.8 Å². The van der Waals surface area contributed by atoms with Crippen molar-refractivity contribution in [1.29, 1.82) is 0 Å². The average Bonchev–Trinajstić information content (AvgIpc) is 3.20. The van der Waals surface area contributed by atoms with Gasteiger partial charge in [0.05, 0.1) is 6.54 Å². The molecule has 2 aromatic rings. The van der Waals surface area contributed by atoms with Crippen LogP contribution in [0.15, 0.2) is 36.9 Å². The van der Waals surface area contributed by atoms with Crippen LogP contribution in [0.5, 0.6) is 0 Å². The van der Waals surface area contributed by atoms with E-state index in [1.165, 1.54) is 6.33 Å². The first-order valence-electron chi connectivity index (χ1n) is 7.17. The first-order chi connectivity index (χ1) is 10.2. The van der Waals surface area contributed by atoms with Crippen molar-refractivity contribution in [2.24, 2.45) is 11.7 Å². The highest BCUT2D eigenvalue weighted by Crippen LogP contribution is 2.32. The lowest BCUT2D eigenvalue weighted by molar-refractivity contribution is -0.116. The molecular formula is C15H19N5O. The van der Waals surface area contributed by atoms with E-state index in [0.717, 1.165) is 24.1 Å². The summed E-state index contributed by atoms with van der Waals surface area (Å²) in [6, 6.07) is 7.73. The van der Waals surface area contributed by atoms with Gasteiger partial charge in [0.15, 0.2) is 0 Å². The molecule has 0 saturated heterocycles. The highest BCUT2D eigenvalue weighted by atomic mass is 16.1. The minimum Gasteiger partial charge on any atom is -0.327 e. The summed E-state index contributed by atoms with van der Waals surface area (Å²) < 4.78 is 1.75. The second kappa shape index (κ2) is 6.05. The maximum Gasteiger partial charge on any atom is 0.225 e. The fourth-order valence-electron chi connectivity index (χ4n) is 2.31. The SMILES string of the molecule is NC(CC(=O)Nc1ccc(Cn2cncn2)cc1)C1CC1. The number of rotatable bonds is 6. The van der Waals surface area contributed by atoms with Crippen LogP contribution in [-0.4, -0.2) is 26.7 Å². The third kappa shape index (κ3) is 3.88. The van der Waals surface area contributed by atoms with Crippen molar-refractivity contribution in [3.05, 3.63) is 42.5 Å². The van der Waals surface area contributed by atoms with Gasteiger partial charge in [-0.1, -0.05) is 12.1 Å². The number of aromatic nitrogens is 3. The number of benzene rings is 1. The van der Waals surface area contributed by atoms with Crippen molar-refractivity contribution < 1.29 is 4.79 Å². The van der Waals surface area contributed by atoms with E-state index in [0.29, 0.717) is 18.9 Å². The Labute approximate surface area is 123 Å². The molecule has 1 fully saturated rings. The van der Waals surface area contributed by atoms with Gasteiger partial charge in [-0.15, -0.1) is 0 Å². The summed E-state index contributed by atoms with van der Waals surface area (Å²) in [5, 5.41) is 6.95. The molecule has 0 bridgehead atoms. The second-order valence-corrected chi connectivity index (χ2v) is 5.54. The van der Waals surface area contributed by atoms with Crippen LogP contribution in [0.1, 0.15) is 24.8 Å². The van der Waals surface area contributed by atoms with Crippen molar-refractivity contribution in [2.75, 3.05) is 5.32 Å². The molecule has 1 aromatic carbocycles. The molecule has 1 saturated carbocycles. The quantitative estimate of drug-likeness (QED) is 0.840. The lowest BCUT2D eigenvalue weighted by atomic mass is 10.1. The lowest BCUT2D eigenvalue weighted by Crippen LogP contribution is -2.28. The molecule has 1 aromatic heterocycles. The number of carbonyl (C=O) groups is 1. The normalized spacial score (nSPS) is 15.7. The van der Waals surface area contributed by atoms with E-state index >= 15 is 0 Å². The topological polar surface area (TPSA) is 85.8 Å². The number of nitrogens with two attached hydrogens (primary N) is 1. The van der Waals surface area contributed by atoms with E-state index in [9.17, 15) is 4.79 Å². The Morgan fingerprint density at radius 3 is 2.76 bits per heavy atom. The van der Waals surface area contributed by atoms with E-state index < -0.39 is 0 Å². The van der Waals surface area contributed by atoms with Crippen LogP contribution in [0.2, 0.25) is 0 Å². The Hall–Kier alpha value is -2.21. The monoisotopic (exact) mass is 285 g/mol. The third-order valence-corrected chi connectivity index (χ3v) is 3.70. The zero-order valence-electron chi connectivity index (χ0n) is 11.8. The largest absolute Gasteiger partial charge is 0.327 e. The highest BCUT2D eigenvalue weighted by molar-refractivity contribution is 5.91. The minimum atomic E-state index is -0.0153. The number of nitrogens with zero attached hydrogens (tertiary/aromatic N) is 3. The fourth-order valence-corrected chi connectivity index (χ4v) is 2.31. The second-order valence-electron chi connectivity index (χ2n) is 5.54. The van der Waals surface area contributed by atoms with Gasteiger partial charge in [0.2, 0.25) is 5.91 Å². The molecule has 0 aliphatic heterocycles. The van der Waals surface area contributed by atoms with Crippen molar-refractivity contribution >= 4 is 11.6 Å². The van der Waals surface area contributed by atoms with E-state index in [1.54, 1.807) is 11.0 Å². The molecule has 1 atom stereocenters. The number of hydrogen-bond acceptors (Lipinski definition) is 4. The minimum absolute atomic E-state index is 0.00316. The molecule has 110 valence electrons. The summed E-state index contributed by atoms with van der Waals surface area (Å²) in [4.78, 5) is 15.8. The molecule has 0 spiro atoms. The van der Waals surface area contributed by atoms with Gasteiger partial charge < -0.3 is 11.1 Å². The molecule has 3 N–H and O–H groups in total. The number of carbonyl (C=O) groups excluding carboxylic acids is 1. The van der Waals surface area contributed by atoms with Crippen LogP contribution in [0.4, 0.5) is 5.69 Å². The van der Waals surface area contributed by atoms with Crippen LogP contribution in [0.3, 0.4) is 0 Å². The third-order valence-electron chi connectivity index (χ3n) is 3.70. The first-order valence-corrected chi connectivity index (χ1v) is 7.17. The summed E-state index contributed by atoms with van der Waals surface area (Å²) in [6.07, 6.45) is 5.90. The van der Waals surface area contributed by atoms with Crippen LogP contribution < -0.4 is 11.1 Å². The van der Waals surface area contributed by atoms with Gasteiger partial charge in [0, 0.05) is 18.2 Å². The molecule has 21 heavy (non-hydrogen) atoms. The fraction of sp³-hybridized carbons (Fsp3) is 0.400. The van der Waals surface area contributed by atoms with E-state index in [-0.39, 0.29) is 11.9 Å². The summed E-state index contributed by atoms with van der Waals surface area (Å²) in [5.41, 5.74) is 7.86. The van der Waals surface area contributed by atoms with Crippen molar-refractivity contribution in [2.45, 2.75) is 31.8 Å². The molecular weight excluding hydrogens is 266 g/mol. The van der Waals surface area contributed by atoms with E-state index in [4.69, 9.17) is 5.73 Å². The van der Waals surface area contributed by atoms with Crippen LogP contribution in [0.25, 0.3) is 0 Å². The summed E-state index contributed by atoms with van der Waals surface area (Å²) in [6.45, 7) is 0.667. The van der Waals surface area contributed by atoms with Crippen LogP contribution in [-0.2, 0) is 11.3 Å². The highest BCUT2D eigenvalue weighted by Gasteiger charge is 2.29. The van der Waals surface area contributed by atoms with Gasteiger partial charge in [0.1, 0.15) is 12.7 Å². The zero-order chi connectivity index (χ0) is 14.7. The maximum atomic E-state index is 11.9. The van der Waals surface area contributed by atoms with E-state index in [1.807, 2.05) is 24.3 Å². The van der Waals surface area contributed by atoms with Gasteiger partial charge in [-0.25, -0.2) is 9.67 Å². The molecule has 6 heteroatoms. The molecule has 0 radical (unpaired) electrons. The number of hydrogen-bond donors (Lipinski definition) is 2. The molecule has 1 amide bonds. The summed E-state index contributed by atoms with van der Waals surface area (Å²) >= 11 is 0. The maximum absolute atomic E-state index is 11.9. The predicted octanol–water partition coefficient (Wildman–Crippen LogP) is 1.39.